The van der Waals surface area contributed by atoms with Crippen LogP contribution in [0.15, 0.2) is 29.2 Å². The summed E-state index contributed by atoms with van der Waals surface area (Å²) in [6, 6.07) is 4.98. The summed E-state index contributed by atoms with van der Waals surface area (Å²) in [6.45, 7) is 1.23. The average Bonchev–Trinajstić information content (AvgIpc) is 2.55. The molecule has 0 spiro atoms. The highest BCUT2D eigenvalue weighted by atomic mass is 32.2. The summed E-state index contributed by atoms with van der Waals surface area (Å²) in [6.07, 6.45) is -0.852. The van der Waals surface area contributed by atoms with Crippen molar-refractivity contribution in [3.8, 4) is 0 Å². The van der Waals surface area contributed by atoms with Crippen LogP contribution < -0.4 is 0 Å². The molecule has 0 amide bonds. The van der Waals surface area contributed by atoms with Crippen molar-refractivity contribution in [2.45, 2.75) is 11.0 Å². The summed E-state index contributed by atoms with van der Waals surface area (Å²) < 4.78 is 26.4. The largest absolute Gasteiger partial charge is 0.394 e. The monoisotopic (exact) mass is 345 g/mol. The zero-order valence-corrected chi connectivity index (χ0v) is 13.2. The molecule has 9 nitrogen and oxygen atoms in total. The molecule has 1 aliphatic rings. The van der Waals surface area contributed by atoms with Crippen LogP contribution in [0, 0.1) is 10.1 Å². The Balaban J connectivity index is 2.07. The number of nitro benzene ring substituents is 1. The second-order valence-electron chi connectivity index (χ2n) is 5.30. The van der Waals surface area contributed by atoms with E-state index in [0.29, 0.717) is 13.1 Å². The highest BCUT2D eigenvalue weighted by Gasteiger charge is 2.29. The van der Waals surface area contributed by atoms with Gasteiger partial charge in [0.25, 0.3) is 5.69 Å². The molecule has 1 aromatic carbocycles. The molecular weight excluding hydrogens is 326 g/mol. The minimum Gasteiger partial charge on any atom is -0.394 e. The normalized spacial score (nSPS) is 18.7. The van der Waals surface area contributed by atoms with Gasteiger partial charge in [0.05, 0.1) is 22.5 Å². The number of aliphatic hydroxyl groups is 2. The molecule has 2 rings (SSSR count). The number of β-amino-alcohol motifs (C(OH)–C–C–N with tert-alkyl or cyclic N) is 1. The number of sulfonamides is 1. The number of rotatable bonds is 6. The Morgan fingerprint density at radius 1 is 1.26 bits per heavy atom. The summed E-state index contributed by atoms with van der Waals surface area (Å²) in [7, 11) is -3.79. The first kappa shape index (κ1) is 17.8. The lowest BCUT2D eigenvalue weighted by Crippen LogP contribution is -2.50. The molecule has 0 radical (unpaired) electrons. The van der Waals surface area contributed by atoms with Gasteiger partial charge in [-0.15, -0.1) is 0 Å². The van der Waals surface area contributed by atoms with Gasteiger partial charge in [-0.3, -0.25) is 15.0 Å². The molecule has 1 aliphatic heterocycles. The molecule has 0 aliphatic carbocycles. The van der Waals surface area contributed by atoms with Crippen molar-refractivity contribution in [3.05, 3.63) is 34.4 Å². The number of hydrogen-bond acceptors (Lipinski definition) is 7. The molecule has 1 fully saturated rings. The fraction of sp³-hybridized carbons (Fsp3) is 0.538. The molecule has 0 saturated carbocycles. The smallest absolute Gasteiger partial charge is 0.270 e. The maximum atomic E-state index is 12.5. The van der Waals surface area contributed by atoms with Gasteiger partial charge in [0.2, 0.25) is 10.0 Å². The zero-order valence-electron chi connectivity index (χ0n) is 12.4. The van der Waals surface area contributed by atoms with Crippen LogP contribution in [0.25, 0.3) is 0 Å². The Morgan fingerprint density at radius 3 is 2.48 bits per heavy atom. The first-order valence-corrected chi connectivity index (χ1v) is 8.54. The van der Waals surface area contributed by atoms with E-state index in [1.807, 2.05) is 4.90 Å². The molecule has 0 aromatic heterocycles. The van der Waals surface area contributed by atoms with Gasteiger partial charge in [0.15, 0.2) is 0 Å². The van der Waals surface area contributed by atoms with Crippen molar-refractivity contribution in [3.63, 3.8) is 0 Å². The van der Waals surface area contributed by atoms with E-state index in [1.165, 1.54) is 22.5 Å². The van der Waals surface area contributed by atoms with E-state index in [2.05, 4.69) is 0 Å². The number of benzene rings is 1. The second-order valence-corrected chi connectivity index (χ2v) is 7.23. The van der Waals surface area contributed by atoms with E-state index in [0.717, 1.165) is 6.07 Å². The van der Waals surface area contributed by atoms with Gasteiger partial charge < -0.3 is 10.2 Å². The lowest BCUT2D eigenvalue weighted by Gasteiger charge is -2.34. The van der Waals surface area contributed by atoms with Crippen molar-refractivity contribution >= 4 is 15.7 Å². The van der Waals surface area contributed by atoms with E-state index >= 15 is 0 Å². The summed E-state index contributed by atoms with van der Waals surface area (Å²) in [5, 5.41) is 29.0. The van der Waals surface area contributed by atoms with Crippen LogP contribution >= 0.6 is 0 Å². The van der Waals surface area contributed by atoms with Gasteiger partial charge in [-0.25, -0.2) is 8.42 Å². The van der Waals surface area contributed by atoms with Gasteiger partial charge in [-0.1, -0.05) is 6.07 Å². The summed E-state index contributed by atoms with van der Waals surface area (Å²) in [4.78, 5) is 11.9. The molecular formula is C13H19N3O6S. The first-order chi connectivity index (χ1) is 10.8. The number of non-ortho nitro benzene ring substituents is 1. The second kappa shape index (κ2) is 7.32. The predicted octanol–water partition coefficient (Wildman–Crippen LogP) is -0.746. The van der Waals surface area contributed by atoms with Crippen molar-refractivity contribution < 1.29 is 23.6 Å². The fourth-order valence-corrected chi connectivity index (χ4v) is 3.88. The zero-order chi connectivity index (χ0) is 17.0. The average molecular weight is 345 g/mol. The number of nitro groups is 1. The molecule has 23 heavy (non-hydrogen) atoms. The highest BCUT2D eigenvalue weighted by Crippen LogP contribution is 2.22. The van der Waals surface area contributed by atoms with E-state index < -0.39 is 21.1 Å². The van der Waals surface area contributed by atoms with Crippen molar-refractivity contribution in [2.24, 2.45) is 0 Å². The molecule has 10 heteroatoms. The predicted molar refractivity (Wildman–Crippen MR) is 81.4 cm³/mol. The molecule has 1 aromatic rings. The van der Waals surface area contributed by atoms with Gasteiger partial charge in [0, 0.05) is 44.9 Å². The molecule has 1 heterocycles. The Bertz CT molecular complexity index is 657. The van der Waals surface area contributed by atoms with Crippen LogP contribution in [-0.4, -0.2) is 78.2 Å². The van der Waals surface area contributed by atoms with Crippen LogP contribution in [0.4, 0.5) is 5.69 Å². The standard InChI is InChI=1S/C13H19N3O6S/c17-10-12(18)9-14-4-6-15(7-5-14)23(21,22)13-3-1-2-11(8-13)16(19)20/h1-3,8,12,17-18H,4-7,9-10H2/t12-/m0/s1. The van der Waals surface area contributed by atoms with E-state index in [1.54, 1.807) is 0 Å². The minimum atomic E-state index is -3.79. The van der Waals surface area contributed by atoms with Crippen LogP contribution in [0.1, 0.15) is 0 Å². The maximum absolute atomic E-state index is 12.5. The third-order valence-electron chi connectivity index (χ3n) is 3.68. The molecule has 1 saturated heterocycles. The number of aliphatic hydroxyl groups excluding tert-OH is 2. The van der Waals surface area contributed by atoms with Gasteiger partial charge in [0.1, 0.15) is 0 Å². The van der Waals surface area contributed by atoms with Gasteiger partial charge in [-0.05, 0) is 6.07 Å². The number of nitrogens with zero attached hydrogens (tertiary/aromatic N) is 3. The Labute approximate surface area is 134 Å². The van der Waals surface area contributed by atoms with E-state index in [4.69, 9.17) is 5.11 Å². The van der Waals surface area contributed by atoms with Crippen LogP contribution in [0.2, 0.25) is 0 Å². The molecule has 0 unspecified atom stereocenters. The van der Waals surface area contributed by atoms with Crippen molar-refractivity contribution in [1.29, 1.82) is 0 Å². The van der Waals surface area contributed by atoms with Crippen LogP contribution in [0.3, 0.4) is 0 Å². The van der Waals surface area contributed by atoms with Crippen LogP contribution in [-0.2, 0) is 10.0 Å². The first-order valence-electron chi connectivity index (χ1n) is 7.10. The van der Waals surface area contributed by atoms with E-state index in [-0.39, 0.29) is 36.8 Å². The summed E-state index contributed by atoms with van der Waals surface area (Å²) in [5.74, 6) is 0. The Morgan fingerprint density at radius 2 is 1.91 bits per heavy atom. The van der Waals surface area contributed by atoms with Gasteiger partial charge >= 0.3 is 0 Å². The van der Waals surface area contributed by atoms with Crippen molar-refractivity contribution in [1.82, 2.24) is 9.21 Å². The molecule has 128 valence electrons. The highest BCUT2D eigenvalue weighted by molar-refractivity contribution is 7.89. The Hall–Kier alpha value is -1.59. The maximum Gasteiger partial charge on any atom is 0.270 e. The van der Waals surface area contributed by atoms with Crippen molar-refractivity contribution in [2.75, 3.05) is 39.3 Å². The van der Waals surface area contributed by atoms with Gasteiger partial charge in [-0.2, -0.15) is 4.31 Å². The summed E-state index contributed by atoms with van der Waals surface area (Å²) >= 11 is 0. The molecule has 0 bridgehead atoms. The minimum absolute atomic E-state index is 0.101. The third-order valence-corrected chi connectivity index (χ3v) is 5.57. The third kappa shape index (κ3) is 4.24. The number of hydrogen-bond donors (Lipinski definition) is 2. The van der Waals surface area contributed by atoms with Crippen LogP contribution in [0.5, 0.6) is 0 Å². The quantitative estimate of drug-likeness (QED) is 0.513. The lowest BCUT2D eigenvalue weighted by molar-refractivity contribution is -0.385. The Kier molecular flexibility index (Phi) is 5.65. The fourth-order valence-electron chi connectivity index (χ4n) is 2.41. The lowest BCUT2D eigenvalue weighted by atomic mass is 10.3. The summed E-state index contributed by atoms with van der Waals surface area (Å²) in [5.41, 5.74) is -0.268. The molecule has 2 N–H and O–H groups in total. The molecule has 1 atom stereocenters. The SMILES string of the molecule is O=[N+]([O-])c1cccc(S(=O)(=O)N2CCN(C[C@H](O)CO)CC2)c1. The number of piperazine rings is 1. The van der Waals surface area contributed by atoms with E-state index in [9.17, 15) is 23.6 Å². The topological polar surface area (TPSA) is 124 Å².